The lowest BCUT2D eigenvalue weighted by Crippen LogP contribution is -2.53. The van der Waals surface area contributed by atoms with Gasteiger partial charge in [-0.05, 0) is 36.5 Å². The fourth-order valence-electron chi connectivity index (χ4n) is 3.25. The number of nitrogens with one attached hydrogen (secondary N) is 1. The van der Waals surface area contributed by atoms with Crippen LogP contribution >= 0.6 is 24.0 Å². The first kappa shape index (κ1) is 19.2. The number of rotatable bonds is 3. The van der Waals surface area contributed by atoms with Crippen molar-refractivity contribution >= 4 is 41.6 Å². The van der Waals surface area contributed by atoms with Crippen LogP contribution in [-0.2, 0) is 4.79 Å². The van der Waals surface area contributed by atoms with Crippen molar-refractivity contribution in [2.24, 2.45) is 5.73 Å². The van der Waals surface area contributed by atoms with Crippen LogP contribution in [0.3, 0.4) is 0 Å². The van der Waals surface area contributed by atoms with Crippen molar-refractivity contribution in [3.05, 3.63) is 66.2 Å². The Morgan fingerprint density at radius 3 is 2.20 bits per heavy atom. The molecule has 1 heterocycles. The molecule has 0 saturated carbocycles. The zero-order valence-corrected chi connectivity index (χ0v) is 16.1. The van der Waals surface area contributed by atoms with Gasteiger partial charge in [0, 0.05) is 12.2 Å². The van der Waals surface area contributed by atoms with Crippen molar-refractivity contribution in [1.82, 2.24) is 4.90 Å². The highest BCUT2D eigenvalue weighted by molar-refractivity contribution is 14.0. The average Bonchev–Trinajstić information content (AvgIpc) is 2.62. The molecule has 132 valence electrons. The minimum absolute atomic E-state index is 0. The molecule has 25 heavy (non-hydrogen) atoms. The highest BCUT2D eigenvalue weighted by Crippen LogP contribution is 2.32. The molecule has 2 aromatic carbocycles. The summed E-state index contributed by atoms with van der Waals surface area (Å²) in [6, 6.07) is 18.2. The number of amides is 3. The maximum absolute atomic E-state index is 12.7. The van der Waals surface area contributed by atoms with E-state index < -0.39 is 12.1 Å². The van der Waals surface area contributed by atoms with Gasteiger partial charge in [0.1, 0.15) is 6.04 Å². The van der Waals surface area contributed by atoms with E-state index >= 15 is 0 Å². The van der Waals surface area contributed by atoms with E-state index in [-0.39, 0.29) is 35.8 Å². The van der Waals surface area contributed by atoms with Crippen LogP contribution in [-0.4, -0.2) is 29.4 Å². The Labute approximate surface area is 164 Å². The highest BCUT2D eigenvalue weighted by atomic mass is 127. The molecule has 0 aliphatic carbocycles. The normalized spacial score (nSPS) is 19.6. The second kappa shape index (κ2) is 8.84. The molecule has 0 radical (unpaired) electrons. The molecule has 0 spiro atoms. The molecule has 2 atom stereocenters. The Morgan fingerprint density at radius 1 is 1.00 bits per heavy atom. The standard InChI is InChI=1S/C19H21N3O2.HI/c20-19(24)22-12-11-15(14-7-3-1-4-8-14)13-17(22)18(23)21-16-9-5-2-6-10-16;/h1-10,15,17H,11-13H2,(H2,20,24)(H,21,23);1H. The van der Waals surface area contributed by atoms with Crippen LogP contribution in [0, 0.1) is 0 Å². The van der Waals surface area contributed by atoms with Crippen molar-refractivity contribution in [3.8, 4) is 0 Å². The van der Waals surface area contributed by atoms with E-state index in [4.69, 9.17) is 5.73 Å². The van der Waals surface area contributed by atoms with Crippen LogP contribution < -0.4 is 11.1 Å². The van der Waals surface area contributed by atoms with E-state index in [1.165, 1.54) is 10.5 Å². The van der Waals surface area contributed by atoms with Gasteiger partial charge in [-0.25, -0.2) is 4.79 Å². The lowest BCUT2D eigenvalue weighted by atomic mass is 9.85. The van der Waals surface area contributed by atoms with E-state index in [2.05, 4.69) is 17.4 Å². The van der Waals surface area contributed by atoms with Crippen LogP contribution in [0.2, 0.25) is 0 Å². The third-order valence-electron chi connectivity index (χ3n) is 4.50. The zero-order chi connectivity index (χ0) is 16.9. The number of urea groups is 1. The number of nitrogens with two attached hydrogens (primary N) is 1. The molecule has 5 nitrogen and oxygen atoms in total. The fraction of sp³-hybridized carbons (Fsp3) is 0.263. The summed E-state index contributed by atoms with van der Waals surface area (Å²) in [7, 11) is 0. The highest BCUT2D eigenvalue weighted by Gasteiger charge is 2.35. The molecule has 6 heteroatoms. The molecule has 2 unspecified atom stereocenters. The molecule has 3 rings (SSSR count). The SMILES string of the molecule is I.NC(=O)N1CCC(c2ccccc2)CC1C(=O)Nc1ccccc1. The molecule has 3 N–H and O–H groups in total. The smallest absolute Gasteiger partial charge is 0.315 e. The number of hydrogen-bond donors (Lipinski definition) is 2. The van der Waals surface area contributed by atoms with Gasteiger partial charge in [0.05, 0.1) is 0 Å². The van der Waals surface area contributed by atoms with Crippen LogP contribution in [0.1, 0.15) is 24.3 Å². The number of carbonyl (C=O) groups excluding carboxylic acids is 2. The van der Waals surface area contributed by atoms with Crippen molar-refractivity contribution in [2.45, 2.75) is 24.8 Å². The minimum atomic E-state index is -0.554. The number of benzene rings is 2. The number of likely N-dealkylation sites (tertiary alicyclic amines) is 1. The van der Waals surface area contributed by atoms with Gasteiger partial charge in [0.15, 0.2) is 0 Å². The summed E-state index contributed by atoms with van der Waals surface area (Å²) in [6.45, 7) is 0.488. The number of primary amides is 1. The molecule has 3 amide bonds. The predicted molar refractivity (Wildman–Crippen MR) is 109 cm³/mol. The molecule has 2 aromatic rings. The minimum Gasteiger partial charge on any atom is -0.351 e. The van der Waals surface area contributed by atoms with E-state index in [1.54, 1.807) is 0 Å². The zero-order valence-electron chi connectivity index (χ0n) is 13.8. The Kier molecular flexibility index (Phi) is 6.81. The van der Waals surface area contributed by atoms with E-state index in [9.17, 15) is 9.59 Å². The first-order valence-corrected chi connectivity index (χ1v) is 8.12. The topological polar surface area (TPSA) is 75.4 Å². The Hall–Kier alpha value is -2.09. The summed E-state index contributed by atoms with van der Waals surface area (Å²) in [5.41, 5.74) is 7.39. The molecule has 1 aliphatic rings. The maximum atomic E-state index is 12.7. The first-order chi connectivity index (χ1) is 11.6. The van der Waals surface area contributed by atoms with Gasteiger partial charge < -0.3 is 16.0 Å². The van der Waals surface area contributed by atoms with Crippen molar-refractivity contribution < 1.29 is 9.59 Å². The lowest BCUT2D eigenvalue weighted by Gasteiger charge is -2.37. The van der Waals surface area contributed by atoms with E-state index in [1.807, 2.05) is 48.5 Å². The Balaban J connectivity index is 0.00000225. The summed E-state index contributed by atoms with van der Waals surface area (Å²) in [4.78, 5) is 25.9. The molecule has 0 aromatic heterocycles. The van der Waals surface area contributed by atoms with Gasteiger partial charge in [-0.3, -0.25) is 4.79 Å². The number of para-hydroxylation sites is 1. The third kappa shape index (κ3) is 4.72. The molecular formula is C19H22IN3O2. The van der Waals surface area contributed by atoms with Crippen LogP contribution in [0.15, 0.2) is 60.7 Å². The van der Waals surface area contributed by atoms with Crippen LogP contribution in [0.25, 0.3) is 0 Å². The summed E-state index contributed by atoms with van der Waals surface area (Å²) < 4.78 is 0. The largest absolute Gasteiger partial charge is 0.351 e. The number of halogens is 1. The second-order valence-corrected chi connectivity index (χ2v) is 6.03. The van der Waals surface area contributed by atoms with Crippen molar-refractivity contribution in [2.75, 3.05) is 11.9 Å². The van der Waals surface area contributed by atoms with Gasteiger partial charge in [-0.2, -0.15) is 0 Å². The summed E-state index contributed by atoms with van der Waals surface area (Å²) in [5, 5.41) is 2.88. The predicted octanol–water partition coefficient (Wildman–Crippen LogP) is 3.57. The van der Waals surface area contributed by atoms with Gasteiger partial charge in [-0.15, -0.1) is 24.0 Å². The molecule has 1 aliphatic heterocycles. The number of nitrogens with zero attached hydrogens (tertiary/aromatic N) is 1. The van der Waals surface area contributed by atoms with Gasteiger partial charge in [0.2, 0.25) is 5.91 Å². The Morgan fingerprint density at radius 2 is 1.60 bits per heavy atom. The van der Waals surface area contributed by atoms with Crippen molar-refractivity contribution in [3.63, 3.8) is 0 Å². The van der Waals surface area contributed by atoms with Gasteiger partial charge in [0.25, 0.3) is 0 Å². The molecular weight excluding hydrogens is 429 g/mol. The van der Waals surface area contributed by atoms with E-state index in [0.29, 0.717) is 18.7 Å². The number of hydrogen-bond acceptors (Lipinski definition) is 2. The van der Waals surface area contributed by atoms with Crippen molar-refractivity contribution in [1.29, 1.82) is 0 Å². The number of anilines is 1. The van der Waals surface area contributed by atoms with Crippen LogP contribution in [0.4, 0.5) is 10.5 Å². The lowest BCUT2D eigenvalue weighted by molar-refractivity contribution is -0.121. The first-order valence-electron chi connectivity index (χ1n) is 8.12. The Bertz CT molecular complexity index is 709. The fourth-order valence-corrected chi connectivity index (χ4v) is 3.25. The van der Waals surface area contributed by atoms with Crippen LogP contribution in [0.5, 0.6) is 0 Å². The van der Waals surface area contributed by atoms with Gasteiger partial charge >= 0.3 is 6.03 Å². The quantitative estimate of drug-likeness (QED) is 0.701. The summed E-state index contributed by atoms with van der Waals surface area (Å²) in [6.07, 6.45) is 1.38. The second-order valence-electron chi connectivity index (χ2n) is 6.03. The third-order valence-corrected chi connectivity index (χ3v) is 4.50. The van der Waals surface area contributed by atoms with Gasteiger partial charge in [-0.1, -0.05) is 48.5 Å². The molecule has 0 bridgehead atoms. The summed E-state index contributed by atoms with van der Waals surface area (Å²) >= 11 is 0. The average molecular weight is 451 g/mol. The number of piperidine rings is 1. The molecule has 1 saturated heterocycles. The monoisotopic (exact) mass is 451 g/mol. The summed E-state index contributed by atoms with van der Waals surface area (Å²) in [5.74, 6) is 0.0500. The van der Waals surface area contributed by atoms with E-state index in [0.717, 1.165) is 6.42 Å². The molecule has 1 fully saturated rings. The maximum Gasteiger partial charge on any atom is 0.315 e. The number of carbonyl (C=O) groups is 2.